The van der Waals surface area contributed by atoms with Crippen LogP contribution < -0.4 is 11.4 Å². The zero-order valence-corrected chi connectivity index (χ0v) is 14.2. The Balaban J connectivity index is 1.92. The van der Waals surface area contributed by atoms with Crippen LogP contribution in [0.5, 0.6) is 0 Å². The van der Waals surface area contributed by atoms with Gasteiger partial charge in [0.15, 0.2) is 11.5 Å². The maximum Gasteiger partial charge on any atom is 0.398 e. The molecule has 0 fully saturated rings. The molecule has 25 heavy (non-hydrogen) atoms. The number of H-pyrrole nitrogens is 1. The molecule has 0 spiro atoms. The van der Waals surface area contributed by atoms with E-state index < -0.39 is 17.6 Å². The predicted octanol–water partition coefficient (Wildman–Crippen LogP) is 3.05. The first-order valence-electron chi connectivity index (χ1n) is 6.99. The Bertz CT molecular complexity index is 939. The molecule has 0 aliphatic carbocycles. The molecule has 6 nitrogen and oxygen atoms in total. The van der Waals surface area contributed by atoms with Crippen molar-refractivity contribution in [2.24, 2.45) is 0 Å². The zero-order valence-electron chi connectivity index (χ0n) is 12.6. The third-order valence-corrected chi connectivity index (χ3v) is 5.22. The highest BCUT2D eigenvalue weighted by Gasteiger charge is 2.27. The van der Waals surface area contributed by atoms with E-state index >= 15 is 0 Å². The van der Waals surface area contributed by atoms with Gasteiger partial charge < -0.3 is 10.7 Å². The summed E-state index contributed by atoms with van der Waals surface area (Å²) in [4.78, 5) is 22.9. The molecular weight excluding hydrogens is 375 g/mol. The summed E-state index contributed by atoms with van der Waals surface area (Å²) in [6.07, 6.45) is -4.28. The minimum absolute atomic E-state index is 0.0176. The van der Waals surface area contributed by atoms with Crippen molar-refractivity contribution in [1.82, 2.24) is 19.5 Å². The first kappa shape index (κ1) is 17.7. The van der Waals surface area contributed by atoms with E-state index in [2.05, 4.69) is 15.0 Å². The highest BCUT2D eigenvalue weighted by atomic mass is 33.1. The van der Waals surface area contributed by atoms with Crippen LogP contribution in [0, 0.1) is 0 Å². The Morgan fingerprint density at radius 2 is 1.92 bits per heavy atom. The first-order chi connectivity index (χ1) is 11.8. The standard InChI is InChI=1S/C14H12F3N5OS2/c15-14(16,17)7-24-25-12-20-10(18)9-11(21-12)22(13(23)19-9)6-8-4-2-1-3-5-8/h1-5H,6-7H2,(H,19,23)(H2,18,20,21). The van der Waals surface area contributed by atoms with Crippen LogP contribution in [0.2, 0.25) is 0 Å². The van der Waals surface area contributed by atoms with E-state index in [9.17, 15) is 18.0 Å². The molecular formula is C14H12F3N5OS2. The van der Waals surface area contributed by atoms with Crippen molar-refractivity contribution in [3.05, 3.63) is 46.4 Å². The summed E-state index contributed by atoms with van der Waals surface area (Å²) in [6, 6.07) is 9.24. The molecule has 0 unspecified atom stereocenters. The van der Waals surface area contributed by atoms with E-state index in [4.69, 9.17) is 5.73 Å². The second-order valence-corrected chi connectivity index (χ2v) is 7.32. The third kappa shape index (κ3) is 4.28. The van der Waals surface area contributed by atoms with Gasteiger partial charge >= 0.3 is 11.9 Å². The van der Waals surface area contributed by atoms with Gasteiger partial charge in [-0.3, -0.25) is 4.57 Å². The van der Waals surface area contributed by atoms with Crippen molar-refractivity contribution in [2.75, 3.05) is 11.5 Å². The van der Waals surface area contributed by atoms with Gasteiger partial charge in [0.1, 0.15) is 11.3 Å². The lowest BCUT2D eigenvalue weighted by Gasteiger charge is -2.06. The maximum absolute atomic E-state index is 12.3. The van der Waals surface area contributed by atoms with Crippen LogP contribution in [-0.4, -0.2) is 31.4 Å². The number of aromatic nitrogens is 4. The van der Waals surface area contributed by atoms with Crippen molar-refractivity contribution in [3.63, 3.8) is 0 Å². The highest BCUT2D eigenvalue weighted by molar-refractivity contribution is 8.76. The number of aromatic amines is 1. The number of fused-ring (bicyclic) bond motifs is 1. The smallest absolute Gasteiger partial charge is 0.382 e. The number of imidazole rings is 1. The van der Waals surface area contributed by atoms with Gasteiger partial charge in [0, 0.05) is 0 Å². The molecule has 3 aromatic rings. The van der Waals surface area contributed by atoms with Crippen LogP contribution in [0.25, 0.3) is 11.2 Å². The molecule has 0 atom stereocenters. The lowest BCUT2D eigenvalue weighted by Crippen LogP contribution is -2.17. The lowest BCUT2D eigenvalue weighted by molar-refractivity contribution is -0.104. The van der Waals surface area contributed by atoms with E-state index in [-0.39, 0.29) is 28.7 Å². The Hall–Kier alpha value is -2.14. The van der Waals surface area contributed by atoms with E-state index in [1.807, 2.05) is 30.3 Å². The van der Waals surface area contributed by atoms with E-state index in [0.717, 1.165) is 16.4 Å². The largest absolute Gasteiger partial charge is 0.398 e. The summed E-state index contributed by atoms with van der Waals surface area (Å²) in [7, 11) is 1.33. The van der Waals surface area contributed by atoms with Crippen molar-refractivity contribution >= 4 is 38.6 Å². The summed E-state index contributed by atoms with van der Waals surface area (Å²) in [5, 5.41) is 0.0695. The molecule has 0 aliphatic rings. The summed E-state index contributed by atoms with van der Waals surface area (Å²) >= 11 is 0. The molecule has 11 heteroatoms. The van der Waals surface area contributed by atoms with Gasteiger partial charge in [-0.25, -0.2) is 14.8 Å². The summed E-state index contributed by atoms with van der Waals surface area (Å²) in [6.45, 7) is 0.260. The first-order valence-corrected chi connectivity index (χ1v) is 9.31. The summed E-state index contributed by atoms with van der Waals surface area (Å²) in [5.41, 5.74) is 6.81. The van der Waals surface area contributed by atoms with Gasteiger partial charge in [-0.1, -0.05) is 41.1 Å². The number of rotatable bonds is 5. The minimum atomic E-state index is -4.28. The van der Waals surface area contributed by atoms with Gasteiger partial charge in [-0.15, -0.1) is 0 Å². The van der Waals surface area contributed by atoms with Gasteiger partial charge in [-0.2, -0.15) is 13.2 Å². The van der Waals surface area contributed by atoms with Gasteiger partial charge in [0.2, 0.25) is 5.16 Å². The van der Waals surface area contributed by atoms with E-state index in [0.29, 0.717) is 10.8 Å². The Morgan fingerprint density at radius 3 is 2.60 bits per heavy atom. The molecule has 0 amide bonds. The fourth-order valence-corrected chi connectivity index (χ4v) is 3.80. The average Bonchev–Trinajstić information content (AvgIpc) is 2.84. The van der Waals surface area contributed by atoms with Crippen molar-refractivity contribution in [2.45, 2.75) is 17.9 Å². The highest BCUT2D eigenvalue weighted by Crippen LogP contribution is 2.34. The second-order valence-electron chi connectivity index (χ2n) is 5.05. The normalized spacial score (nSPS) is 12.0. The molecule has 3 N–H and O–H groups in total. The number of hydrogen-bond donors (Lipinski definition) is 2. The summed E-state index contributed by atoms with van der Waals surface area (Å²) in [5.74, 6) is -1.02. The van der Waals surface area contributed by atoms with Gasteiger partial charge in [0.25, 0.3) is 0 Å². The minimum Gasteiger partial charge on any atom is -0.382 e. The number of nitrogens with one attached hydrogen (secondary N) is 1. The molecule has 2 heterocycles. The monoisotopic (exact) mass is 387 g/mol. The Morgan fingerprint density at radius 1 is 1.20 bits per heavy atom. The molecule has 3 rings (SSSR count). The number of nitrogens with zero attached hydrogens (tertiary/aromatic N) is 3. The topological polar surface area (TPSA) is 89.6 Å². The molecule has 0 saturated heterocycles. The number of benzene rings is 1. The quantitative estimate of drug-likeness (QED) is 0.517. The second kappa shape index (κ2) is 7.00. The van der Waals surface area contributed by atoms with Crippen molar-refractivity contribution in [3.8, 4) is 0 Å². The number of hydrogen-bond acceptors (Lipinski definition) is 6. The van der Waals surface area contributed by atoms with E-state index in [1.165, 1.54) is 4.57 Å². The predicted molar refractivity (Wildman–Crippen MR) is 92.5 cm³/mol. The fourth-order valence-electron chi connectivity index (χ4n) is 2.13. The number of halogens is 3. The molecule has 132 valence electrons. The summed E-state index contributed by atoms with van der Waals surface area (Å²) < 4.78 is 38.1. The lowest BCUT2D eigenvalue weighted by atomic mass is 10.2. The SMILES string of the molecule is Nc1nc(SSCC(F)(F)F)nc2c1[nH]c(=O)n2Cc1ccccc1. The van der Waals surface area contributed by atoms with Crippen LogP contribution in [0.15, 0.2) is 40.3 Å². The maximum atomic E-state index is 12.3. The van der Waals surface area contributed by atoms with E-state index in [1.54, 1.807) is 0 Å². The molecule has 1 aromatic carbocycles. The van der Waals surface area contributed by atoms with Crippen LogP contribution >= 0.6 is 21.6 Å². The molecule has 0 bridgehead atoms. The van der Waals surface area contributed by atoms with Crippen molar-refractivity contribution < 1.29 is 13.2 Å². The van der Waals surface area contributed by atoms with Crippen LogP contribution in [0.3, 0.4) is 0 Å². The third-order valence-electron chi connectivity index (χ3n) is 3.17. The number of nitrogens with two attached hydrogens (primary N) is 1. The number of nitrogen functional groups attached to an aromatic ring is 1. The van der Waals surface area contributed by atoms with Crippen LogP contribution in [-0.2, 0) is 6.54 Å². The van der Waals surface area contributed by atoms with Crippen LogP contribution in [0.4, 0.5) is 19.0 Å². The molecule has 0 aliphatic heterocycles. The molecule has 2 aromatic heterocycles. The van der Waals surface area contributed by atoms with Crippen molar-refractivity contribution in [1.29, 1.82) is 0 Å². The fraction of sp³-hybridized carbons (Fsp3) is 0.214. The number of alkyl halides is 3. The number of anilines is 1. The zero-order chi connectivity index (χ0) is 18.0. The molecule has 0 radical (unpaired) electrons. The Kier molecular flexibility index (Phi) is 4.95. The van der Waals surface area contributed by atoms with Gasteiger partial charge in [0.05, 0.1) is 6.54 Å². The van der Waals surface area contributed by atoms with Crippen LogP contribution in [0.1, 0.15) is 5.56 Å². The molecule has 0 saturated carbocycles. The Labute approximate surface area is 147 Å². The van der Waals surface area contributed by atoms with Gasteiger partial charge in [-0.05, 0) is 16.4 Å². The average molecular weight is 387 g/mol.